The average Bonchev–Trinajstić information content (AvgIpc) is 3.28. The van der Waals surface area contributed by atoms with Gasteiger partial charge in [0.2, 0.25) is 0 Å². The van der Waals surface area contributed by atoms with Crippen LogP contribution in [-0.2, 0) is 4.79 Å². The zero-order valence-electron chi connectivity index (χ0n) is 16.6. The van der Waals surface area contributed by atoms with Crippen molar-refractivity contribution in [1.82, 2.24) is 15.2 Å². The highest BCUT2D eigenvalue weighted by Crippen LogP contribution is 2.43. The molecule has 0 radical (unpaired) electrons. The van der Waals surface area contributed by atoms with Crippen LogP contribution in [0.4, 0.5) is 5.69 Å². The zero-order valence-corrected chi connectivity index (χ0v) is 16.6. The fourth-order valence-electron chi connectivity index (χ4n) is 3.28. The van der Waals surface area contributed by atoms with Gasteiger partial charge in [-0.05, 0) is 24.3 Å². The highest BCUT2D eigenvalue weighted by atomic mass is 16.5. The summed E-state index contributed by atoms with van der Waals surface area (Å²) in [5.41, 5.74) is 1.92. The molecule has 0 fully saturated rings. The fourth-order valence-corrected chi connectivity index (χ4v) is 3.28. The number of aliphatic imine (C=N–C) groups is 2. The molecule has 2 aromatic rings. The lowest BCUT2D eigenvalue weighted by molar-refractivity contribution is -0.122. The first-order chi connectivity index (χ1) is 14.6. The van der Waals surface area contributed by atoms with Crippen molar-refractivity contribution in [2.24, 2.45) is 9.98 Å². The van der Waals surface area contributed by atoms with E-state index in [-0.39, 0.29) is 18.3 Å². The molecule has 1 amide bonds. The van der Waals surface area contributed by atoms with Gasteiger partial charge in [0.05, 0.1) is 13.7 Å². The van der Waals surface area contributed by atoms with E-state index >= 15 is 0 Å². The Bertz CT molecular complexity index is 1060. The normalized spacial score (nSPS) is 15.0. The lowest BCUT2D eigenvalue weighted by atomic mass is 10.1. The number of aliphatic hydroxyl groups excluding tert-OH is 1. The van der Waals surface area contributed by atoms with Gasteiger partial charge in [-0.25, -0.2) is 4.99 Å². The molecule has 9 nitrogen and oxygen atoms in total. The number of benzene rings is 1. The van der Waals surface area contributed by atoms with Gasteiger partial charge in [0.15, 0.2) is 18.1 Å². The summed E-state index contributed by atoms with van der Waals surface area (Å²) in [4.78, 5) is 26.9. The molecule has 2 N–H and O–H groups in total. The minimum Gasteiger partial charge on any atom is -0.507 e. The first kappa shape index (κ1) is 19.4. The number of hydrogen-bond acceptors (Lipinski definition) is 8. The molecule has 4 rings (SSSR count). The molecule has 0 saturated carbocycles. The van der Waals surface area contributed by atoms with Crippen LogP contribution in [-0.4, -0.2) is 66.4 Å². The molecule has 1 aromatic carbocycles. The molecule has 0 atom stereocenters. The maximum atomic E-state index is 11.6. The summed E-state index contributed by atoms with van der Waals surface area (Å²) in [5, 5.41) is 13.1. The number of rotatable bonds is 6. The zero-order chi connectivity index (χ0) is 21.1. The van der Waals surface area contributed by atoms with Gasteiger partial charge in [-0.3, -0.25) is 14.8 Å². The predicted molar refractivity (Wildman–Crippen MR) is 113 cm³/mol. The Labute approximate surface area is 173 Å². The maximum Gasteiger partial charge on any atom is 0.257 e. The second-order valence-electron chi connectivity index (χ2n) is 6.55. The molecule has 1 aromatic heterocycles. The summed E-state index contributed by atoms with van der Waals surface area (Å²) in [5.74, 6) is 1.87. The second-order valence-corrected chi connectivity index (χ2v) is 6.55. The highest BCUT2D eigenvalue weighted by molar-refractivity contribution is 6.20. The topological polar surface area (TPSA) is 109 Å². The summed E-state index contributed by atoms with van der Waals surface area (Å²) in [6.45, 7) is 1.13. The number of methoxy groups -OCH3 is 1. The smallest absolute Gasteiger partial charge is 0.257 e. The van der Waals surface area contributed by atoms with Crippen LogP contribution in [0.25, 0.3) is 5.76 Å². The number of nitrogens with one attached hydrogen (secondary N) is 1. The molecule has 0 aliphatic carbocycles. The number of amidine groups is 2. The van der Waals surface area contributed by atoms with E-state index in [1.165, 1.54) is 7.11 Å². The number of carbonyl (C=O) groups is 1. The van der Waals surface area contributed by atoms with Crippen molar-refractivity contribution in [3.8, 4) is 11.5 Å². The standard InChI is InChI=1S/C21H21N5O4/c1-22-18(28)12-30-16-6-5-14-19(20(16)29-2)25-17(26-9-8-24-21(14)26)10-15(27)13-4-3-7-23-11-13/h3-7,10-11,27H,8-9,12H2,1-2H3,(H,22,28)/b15-10-. The van der Waals surface area contributed by atoms with Crippen molar-refractivity contribution in [2.45, 2.75) is 0 Å². The van der Waals surface area contributed by atoms with Crippen LogP contribution in [0.15, 0.2) is 52.7 Å². The van der Waals surface area contributed by atoms with E-state index in [0.717, 1.165) is 11.4 Å². The maximum absolute atomic E-state index is 11.6. The van der Waals surface area contributed by atoms with Crippen molar-refractivity contribution in [1.29, 1.82) is 0 Å². The molecule has 0 saturated heterocycles. The summed E-state index contributed by atoms with van der Waals surface area (Å²) in [6.07, 6.45) is 4.80. The lowest BCUT2D eigenvalue weighted by Crippen LogP contribution is -2.36. The molecule has 0 unspecified atom stereocenters. The molecule has 0 bridgehead atoms. The van der Waals surface area contributed by atoms with Gasteiger partial charge < -0.3 is 24.8 Å². The van der Waals surface area contributed by atoms with Crippen LogP contribution in [0.3, 0.4) is 0 Å². The van der Waals surface area contributed by atoms with Gasteiger partial charge in [-0.15, -0.1) is 0 Å². The number of hydrogen-bond donors (Lipinski definition) is 2. The van der Waals surface area contributed by atoms with E-state index in [2.05, 4.69) is 15.3 Å². The molecule has 2 aliphatic heterocycles. The van der Waals surface area contributed by atoms with Crippen molar-refractivity contribution < 1.29 is 19.4 Å². The number of fused-ring (bicyclic) bond motifs is 3. The third kappa shape index (κ3) is 3.57. The first-order valence-electron chi connectivity index (χ1n) is 9.39. The third-order valence-electron chi connectivity index (χ3n) is 4.74. The molecule has 0 spiro atoms. The third-order valence-corrected chi connectivity index (χ3v) is 4.74. The molecule has 3 heterocycles. The Morgan fingerprint density at radius 2 is 2.23 bits per heavy atom. The van der Waals surface area contributed by atoms with Gasteiger partial charge in [0.1, 0.15) is 23.1 Å². The van der Waals surface area contributed by atoms with Gasteiger partial charge >= 0.3 is 0 Å². The summed E-state index contributed by atoms with van der Waals surface area (Å²) >= 11 is 0. The van der Waals surface area contributed by atoms with E-state index in [4.69, 9.17) is 14.5 Å². The van der Waals surface area contributed by atoms with E-state index in [1.54, 1.807) is 43.7 Å². The van der Waals surface area contributed by atoms with E-state index in [1.807, 2.05) is 11.0 Å². The SMILES string of the molecule is CNC(=O)COc1ccc2c(c1OC)N=C(/C=C(\O)c1cccnc1)N1CCN=C21. The average molecular weight is 407 g/mol. The largest absolute Gasteiger partial charge is 0.507 e. The van der Waals surface area contributed by atoms with Gasteiger partial charge in [0.25, 0.3) is 5.91 Å². The van der Waals surface area contributed by atoms with Crippen molar-refractivity contribution in [3.05, 3.63) is 53.9 Å². The number of amides is 1. The predicted octanol–water partition coefficient (Wildman–Crippen LogP) is 1.92. The molecule has 154 valence electrons. The Kier molecular flexibility index (Phi) is 5.34. The van der Waals surface area contributed by atoms with Crippen LogP contribution in [0.2, 0.25) is 0 Å². The number of carbonyl (C=O) groups excluding carboxylic acids is 1. The number of aromatic nitrogens is 1. The number of likely N-dealkylation sites (N-methyl/N-ethyl adjacent to an activating group) is 1. The van der Waals surface area contributed by atoms with E-state index < -0.39 is 0 Å². The summed E-state index contributed by atoms with van der Waals surface area (Å²) in [6, 6.07) is 7.10. The van der Waals surface area contributed by atoms with Gasteiger partial charge in [0, 0.05) is 43.2 Å². The van der Waals surface area contributed by atoms with E-state index in [0.29, 0.717) is 41.7 Å². The van der Waals surface area contributed by atoms with E-state index in [9.17, 15) is 9.90 Å². The van der Waals surface area contributed by atoms with Crippen LogP contribution in [0, 0.1) is 0 Å². The van der Waals surface area contributed by atoms with Gasteiger partial charge in [-0.2, -0.15) is 0 Å². The highest BCUT2D eigenvalue weighted by Gasteiger charge is 2.32. The monoisotopic (exact) mass is 407 g/mol. The molecule has 9 heteroatoms. The molecular formula is C21H21N5O4. The molecule has 30 heavy (non-hydrogen) atoms. The Morgan fingerprint density at radius 1 is 1.37 bits per heavy atom. The number of aliphatic hydroxyl groups is 1. The quantitative estimate of drug-likeness (QED) is 0.709. The first-order valence-corrected chi connectivity index (χ1v) is 9.39. The van der Waals surface area contributed by atoms with Crippen LogP contribution in [0.5, 0.6) is 11.5 Å². The van der Waals surface area contributed by atoms with Crippen LogP contribution < -0.4 is 14.8 Å². The second kappa shape index (κ2) is 8.24. The number of pyridine rings is 1. The lowest BCUT2D eigenvalue weighted by Gasteiger charge is -2.27. The summed E-state index contributed by atoms with van der Waals surface area (Å²) in [7, 11) is 3.06. The minimum absolute atomic E-state index is 0.0440. The Hall–Kier alpha value is -3.88. The minimum atomic E-state index is -0.255. The van der Waals surface area contributed by atoms with Crippen molar-refractivity contribution in [3.63, 3.8) is 0 Å². The Balaban J connectivity index is 1.77. The molecule has 2 aliphatic rings. The van der Waals surface area contributed by atoms with Crippen LogP contribution in [0.1, 0.15) is 11.1 Å². The van der Waals surface area contributed by atoms with Crippen molar-refractivity contribution in [2.75, 3.05) is 33.9 Å². The summed E-state index contributed by atoms with van der Waals surface area (Å²) < 4.78 is 11.2. The van der Waals surface area contributed by atoms with Crippen molar-refractivity contribution >= 4 is 29.0 Å². The number of nitrogens with zero attached hydrogens (tertiary/aromatic N) is 4. The van der Waals surface area contributed by atoms with Gasteiger partial charge in [-0.1, -0.05) is 0 Å². The number of ether oxygens (including phenoxy) is 2. The Morgan fingerprint density at radius 3 is 2.97 bits per heavy atom. The molecular weight excluding hydrogens is 386 g/mol. The fraction of sp³-hybridized carbons (Fsp3) is 0.238. The van der Waals surface area contributed by atoms with Crippen LogP contribution >= 0.6 is 0 Å².